The van der Waals surface area contributed by atoms with Crippen LogP contribution in [-0.2, 0) is 12.8 Å². The van der Waals surface area contributed by atoms with E-state index < -0.39 is 0 Å². The second-order valence-corrected chi connectivity index (χ2v) is 6.18. The van der Waals surface area contributed by atoms with Crippen LogP contribution in [0.25, 0.3) is 0 Å². The van der Waals surface area contributed by atoms with Gasteiger partial charge in [0.1, 0.15) is 0 Å². The highest BCUT2D eigenvalue weighted by atomic mass is 14.9. The molecule has 3 rings (SSSR count). The molecule has 0 radical (unpaired) electrons. The van der Waals surface area contributed by atoms with E-state index >= 15 is 0 Å². The van der Waals surface area contributed by atoms with E-state index in [2.05, 4.69) is 60.8 Å². The number of benzene rings is 2. The predicted molar refractivity (Wildman–Crippen MR) is 91.0 cm³/mol. The van der Waals surface area contributed by atoms with Crippen molar-refractivity contribution in [1.82, 2.24) is 0 Å². The summed E-state index contributed by atoms with van der Waals surface area (Å²) in [6.07, 6.45) is 6.36. The summed E-state index contributed by atoms with van der Waals surface area (Å²) in [5.41, 5.74) is 5.93. The van der Waals surface area contributed by atoms with Gasteiger partial charge < -0.3 is 5.32 Å². The Balaban J connectivity index is 1.59. The van der Waals surface area contributed by atoms with Gasteiger partial charge in [-0.15, -0.1) is 0 Å². The third-order valence-electron chi connectivity index (χ3n) is 4.66. The molecule has 0 aromatic heterocycles. The lowest BCUT2D eigenvalue weighted by atomic mass is 9.90. The zero-order chi connectivity index (χ0) is 14.5. The summed E-state index contributed by atoms with van der Waals surface area (Å²) in [5, 5.41) is 3.67. The molecule has 2 aromatic carbocycles. The molecule has 1 unspecified atom stereocenters. The number of rotatable bonds is 5. The number of aryl methyl sites for hydroxylation is 1. The monoisotopic (exact) mass is 279 g/mol. The molecule has 21 heavy (non-hydrogen) atoms. The summed E-state index contributed by atoms with van der Waals surface area (Å²) in [5.74, 6) is 0.609. The van der Waals surface area contributed by atoms with Gasteiger partial charge in [-0.2, -0.15) is 0 Å². The van der Waals surface area contributed by atoms with Gasteiger partial charge in [0, 0.05) is 12.2 Å². The zero-order valence-corrected chi connectivity index (χ0v) is 12.9. The Morgan fingerprint density at radius 1 is 0.952 bits per heavy atom. The molecule has 1 N–H and O–H groups in total. The molecule has 0 bridgehead atoms. The van der Waals surface area contributed by atoms with Crippen molar-refractivity contribution < 1.29 is 0 Å². The van der Waals surface area contributed by atoms with Crippen molar-refractivity contribution >= 4 is 5.69 Å². The topological polar surface area (TPSA) is 12.0 Å². The maximum Gasteiger partial charge on any atom is 0.0375 e. The maximum absolute atomic E-state index is 3.67. The highest BCUT2D eigenvalue weighted by Crippen LogP contribution is 2.28. The van der Waals surface area contributed by atoms with Gasteiger partial charge in [0.05, 0.1) is 0 Å². The minimum absolute atomic E-state index is 0.609. The first kappa shape index (κ1) is 14.2. The number of fused-ring (bicyclic) bond motifs is 1. The molecule has 0 aliphatic heterocycles. The fourth-order valence-corrected chi connectivity index (χ4v) is 3.32. The molecule has 2 aromatic rings. The van der Waals surface area contributed by atoms with E-state index in [1.807, 2.05) is 0 Å². The Labute approximate surface area is 128 Å². The maximum atomic E-state index is 3.67. The van der Waals surface area contributed by atoms with E-state index in [1.54, 1.807) is 11.1 Å². The number of hydrogen-bond acceptors (Lipinski definition) is 1. The normalized spacial score (nSPS) is 15.3. The molecule has 1 aliphatic carbocycles. The Kier molecular flexibility index (Phi) is 4.59. The van der Waals surface area contributed by atoms with Crippen molar-refractivity contribution in [2.45, 2.75) is 44.9 Å². The van der Waals surface area contributed by atoms with Crippen LogP contribution in [0.3, 0.4) is 0 Å². The van der Waals surface area contributed by atoms with Crippen LogP contribution in [0.1, 0.15) is 48.8 Å². The minimum Gasteiger partial charge on any atom is -0.385 e. The van der Waals surface area contributed by atoms with E-state index in [9.17, 15) is 0 Å². The molecule has 0 fully saturated rings. The van der Waals surface area contributed by atoms with Gasteiger partial charge in [0.2, 0.25) is 0 Å². The Morgan fingerprint density at radius 2 is 1.76 bits per heavy atom. The molecule has 0 saturated heterocycles. The van der Waals surface area contributed by atoms with E-state index in [1.165, 1.54) is 43.4 Å². The van der Waals surface area contributed by atoms with Crippen LogP contribution in [0, 0.1) is 0 Å². The van der Waals surface area contributed by atoms with Crippen LogP contribution in [0.15, 0.2) is 48.5 Å². The summed E-state index contributed by atoms with van der Waals surface area (Å²) in [7, 11) is 0. The molecule has 0 heterocycles. The number of anilines is 1. The summed E-state index contributed by atoms with van der Waals surface area (Å²) in [6, 6.07) is 17.6. The second kappa shape index (κ2) is 6.80. The largest absolute Gasteiger partial charge is 0.385 e. The SMILES string of the molecule is CC(CCNc1cccc2c1CCCC2)c1ccccc1. The lowest BCUT2D eigenvalue weighted by molar-refractivity contribution is 0.682. The van der Waals surface area contributed by atoms with Gasteiger partial charge >= 0.3 is 0 Å². The molecule has 0 spiro atoms. The van der Waals surface area contributed by atoms with Crippen molar-refractivity contribution in [3.05, 3.63) is 65.2 Å². The first-order chi connectivity index (χ1) is 10.3. The highest BCUT2D eigenvalue weighted by molar-refractivity contribution is 5.55. The molecule has 1 heteroatoms. The van der Waals surface area contributed by atoms with Crippen LogP contribution in [-0.4, -0.2) is 6.54 Å². The molecular weight excluding hydrogens is 254 g/mol. The molecule has 1 aliphatic rings. The van der Waals surface area contributed by atoms with E-state index in [0.717, 1.165) is 6.54 Å². The van der Waals surface area contributed by atoms with Crippen LogP contribution in [0.2, 0.25) is 0 Å². The molecule has 0 amide bonds. The Hall–Kier alpha value is -1.76. The van der Waals surface area contributed by atoms with E-state index in [0.29, 0.717) is 5.92 Å². The summed E-state index contributed by atoms with van der Waals surface area (Å²) >= 11 is 0. The smallest absolute Gasteiger partial charge is 0.0375 e. The second-order valence-electron chi connectivity index (χ2n) is 6.18. The van der Waals surface area contributed by atoms with E-state index in [4.69, 9.17) is 0 Å². The molecular formula is C20H25N. The first-order valence-electron chi connectivity index (χ1n) is 8.24. The quantitative estimate of drug-likeness (QED) is 0.796. The average molecular weight is 279 g/mol. The van der Waals surface area contributed by atoms with Crippen molar-refractivity contribution in [3.63, 3.8) is 0 Å². The molecule has 1 nitrogen and oxygen atoms in total. The molecule has 110 valence electrons. The molecule has 1 atom stereocenters. The average Bonchev–Trinajstić information content (AvgIpc) is 2.56. The van der Waals surface area contributed by atoms with Crippen LogP contribution in [0.5, 0.6) is 0 Å². The number of hydrogen-bond donors (Lipinski definition) is 1. The van der Waals surface area contributed by atoms with Crippen LogP contribution >= 0.6 is 0 Å². The van der Waals surface area contributed by atoms with Crippen molar-refractivity contribution in [2.24, 2.45) is 0 Å². The van der Waals surface area contributed by atoms with Gasteiger partial charge in [0.25, 0.3) is 0 Å². The van der Waals surface area contributed by atoms with Gasteiger partial charge in [-0.05, 0) is 60.8 Å². The third kappa shape index (κ3) is 3.47. The zero-order valence-electron chi connectivity index (χ0n) is 12.9. The highest BCUT2D eigenvalue weighted by Gasteiger charge is 2.12. The molecule has 0 saturated carbocycles. The fraction of sp³-hybridized carbons (Fsp3) is 0.400. The van der Waals surface area contributed by atoms with Crippen LogP contribution < -0.4 is 5.32 Å². The van der Waals surface area contributed by atoms with Gasteiger partial charge in [-0.1, -0.05) is 49.4 Å². The van der Waals surface area contributed by atoms with Gasteiger partial charge in [-0.25, -0.2) is 0 Å². The first-order valence-corrected chi connectivity index (χ1v) is 8.24. The van der Waals surface area contributed by atoms with Crippen LogP contribution in [0.4, 0.5) is 5.69 Å². The van der Waals surface area contributed by atoms with Gasteiger partial charge in [0.15, 0.2) is 0 Å². The number of nitrogens with one attached hydrogen (secondary N) is 1. The Bertz CT molecular complexity index is 574. The minimum atomic E-state index is 0.609. The van der Waals surface area contributed by atoms with Crippen molar-refractivity contribution in [3.8, 4) is 0 Å². The Morgan fingerprint density at radius 3 is 2.62 bits per heavy atom. The lowest BCUT2D eigenvalue weighted by Gasteiger charge is -2.21. The third-order valence-corrected chi connectivity index (χ3v) is 4.66. The summed E-state index contributed by atoms with van der Waals surface area (Å²) < 4.78 is 0. The predicted octanol–water partition coefficient (Wildman–Crippen LogP) is 5.17. The summed E-state index contributed by atoms with van der Waals surface area (Å²) in [6.45, 7) is 3.37. The van der Waals surface area contributed by atoms with Crippen molar-refractivity contribution in [1.29, 1.82) is 0 Å². The standard InChI is InChI=1S/C20H25N/c1-16(17-8-3-2-4-9-17)14-15-21-20-13-7-11-18-10-5-6-12-19(18)20/h2-4,7-9,11,13,16,21H,5-6,10,12,14-15H2,1H3. The van der Waals surface area contributed by atoms with Gasteiger partial charge in [-0.3, -0.25) is 0 Å². The summed E-state index contributed by atoms with van der Waals surface area (Å²) in [4.78, 5) is 0. The fourth-order valence-electron chi connectivity index (χ4n) is 3.32. The van der Waals surface area contributed by atoms with E-state index in [-0.39, 0.29) is 0 Å². The lowest BCUT2D eigenvalue weighted by Crippen LogP contribution is -2.11. The van der Waals surface area contributed by atoms with Crippen molar-refractivity contribution in [2.75, 3.05) is 11.9 Å².